The predicted octanol–water partition coefficient (Wildman–Crippen LogP) is 5.06. The maximum atomic E-state index is 6.35. The fourth-order valence-electron chi connectivity index (χ4n) is 2.23. The molecule has 3 aromatic rings. The number of aromatic nitrogens is 2. The first kappa shape index (κ1) is 12.7. The van der Waals surface area contributed by atoms with Crippen LogP contribution in [0, 0.1) is 0 Å². The van der Waals surface area contributed by atoms with Gasteiger partial charge in [-0.15, -0.1) is 11.6 Å². The average Bonchev–Trinajstić information content (AvgIpc) is 2.78. The zero-order valence-corrected chi connectivity index (χ0v) is 12.7. The highest BCUT2D eigenvalue weighted by Crippen LogP contribution is 2.32. The molecule has 0 aliphatic rings. The van der Waals surface area contributed by atoms with Gasteiger partial charge in [-0.05, 0) is 35.0 Å². The lowest BCUT2D eigenvalue weighted by atomic mass is 10.1. The minimum atomic E-state index is -0.112. The van der Waals surface area contributed by atoms with Crippen LogP contribution in [0.5, 0.6) is 0 Å². The Bertz CT molecular complexity index is 720. The molecule has 19 heavy (non-hydrogen) atoms. The second kappa shape index (κ2) is 4.99. The van der Waals surface area contributed by atoms with Crippen molar-refractivity contribution in [1.82, 2.24) is 9.38 Å². The number of hydrogen-bond acceptors (Lipinski definition) is 1. The summed E-state index contributed by atoms with van der Waals surface area (Å²) in [6.07, 6.45) is 2.00. The Morgan fingerprint density at radius 2 is 1.89 bits per heavy atom. The predicted molar refractivity (Wildman–Crippen MR) is 82.6 cm³/mol. The van der Waals surface area contributed by atoms with Crippen molar-refractivity contribution in [2.75, 3.05) is 0 Å². The SMILES string of the molecule is CC(Cl)c1c(-c2ccccc2)nc2ccc(Br)cn12. The lowest BCUT2D eigenvalue weighted by Crippen LogP contribution is -1.95. The van der Waals surface area contributed by atoms with Crippen LogP contribution in [0.15, 0.2) is 53.1 Å². The number of benzene rings is 1. The van der Waals surface area contributed by atoms with Crippen molar-refractivity contribution in [1.29, 1.82) is 0 Å². The van der Waals surface area contributed by atoms with Gasteiger partial charge < -0.3 is 4.40 Å². The first-order valence-electron chi connectivity index (χ1n) is 6.04. The van der Waals surface area contributed by atoms with Crippen molar-refractivity contribution in [3.8, 4) is 11.3 Å². The van der Waals surface area contributed by atoms with Crippen LogP contribution >= 0.6 is 27.5 Å². The third-order valence-electron chi connectivity index (χ3n) is 3.04. The van der Waals surface area contributed by atoms with Crippen molar-refractivity contribution in [3.63, 3.8) is 0 Å². The topological polar surface area (TPSA) is 17.3 Å². The van der Waals surface area contributed by atoms with E-state index in [1.54, 1.807) is 0 Å². The third kappa shape index (κ3) is 2.28. The molecule has 0 bridgehead atoms. The van der Waals surface area contributed by atoms with Crippen molar-refractivity contribution in [2.45, 2.75) is 12.3 Å². The molecule has 1 atom stereocenters. The number of nitrogens with zero attached hydrogens (tertiary/aromatic N) is 2. The first-order valence-corrected chi connectivity index (χ1v) is 7.27. The Morgan fingerprint density at radius 1 is 1.16 bits per heavy atom. The van der Waals surface area contributed by atoms with Gasteiger partial charge in [-0.3, -0.25) is 0 Å². The van der Waals surface area contributed by atoms with Crippen LogP contribution in [-0.2, 0) is 0 Å². The van der Waals surface area contributed by atoms with Crippen LogP contribution in [-0.4, -0.2) is 9.38 Å². The van der Waals surface area contributed by atoms with Crippen LogP contribution in [0.1, 0.15) is 18.0 Å². The van der Waals surface area contributed by atoms with Crippen molar-refractivity contribution in [2.24, 2.45) is 0 Å². The Balaban J connectivity index is 2.33. The standard InChI is InChI=1S/C15H12BrClN2/c1-10(17)15-14(11-5-3-2-4-6-11)18-13-8-7-12(16)9-19(13)15/h2-10H,1H3. The monoisotopic (exact) mass is 334 g/mol. The number of pyridine rings is 1. The normalized spacial score (nSPS) is 12.8. The Kier molecular flexibility index (Phi) is 3.33. The summed E-state index contributed by atoms with van der Waals surface area (Å²) in [4.78, 5) is 4.70. The molecule has 2 heterocycles. The van der Waals surface area contributed by atoms with Crippen LogP contribution < -0.4 is 0 Å². The van der Waals surface area contributed by atoms with Crippen LogP contribution in [0.25, 0.3) is 16.9 Å². The highest BCUT2D eigenvalue weighted by molar-refractivity contribution is 9.10. The number of rotatable bonds is 2. The minimum absolute atomic E-state index is 0.112. The van der Waals surface area contributed by atoms with E-state index in [1.165, 1.54) is 0 Å². The van der Waals surface area contributed by atoms with Crippen molar-refractivity contribution < 1.29 is 0 Å². The van der Waals surface area contributed by atoms with Gasteiger partial charge in [-0.1, -0.05) is 30.3 Å². The molecule has 0 N–H and O–H groups in total. The van der Waals surface area contributed by atoms with E-state index in [-0.39, 0.29) is 5.38 Å². The van der Waals surface area contributed by atoms with Crippen molar-refractivity contribution in [3.05, 3.63) is 58.8 Å². The fraction of sp³-hybridized carbons (Fsp3) is 0.133. The molecule has 0 amide bonds. The highest BCUT2D eigenvalue weighted by atomic mass is 79.9. The maximum absolute atomic E-state index is 6.35. The van der Waals surface area contributed by atoms with Crippen LogP contribution in [0.4, 0.5) is 0 Å². The molecule has 0 saturated carbocycles. The van der Waals surface area contributed by atoms with E-state index in [0.29, 0.717) is 0 Å². The minimum Gasteiger partial charge on any atom is -0.301 e. The smallest absolute Gasteiger partial charge is 0.137 e. The molecular weight excluding hydrogens is 324 g/mol. The number of fused-ring (bicyclic) bond motifs is 1. The molecule has 1 unspecified atom stereocenters. The number of halogens is 2. The molecule has 96 valence electrons. The van der Waals surface area contributed by atoms with Gasteiger partial charge in [0.05, 0.1) is 16.8 Å². The Labute approximate surface area is 125 Å². The molecule has 0 fully saturated rings. The van der Waals surface area contributed by atoms with E-state index >= 15 is 0 Å². The third-order valence-corrected chi connectivity index (χ3v) is 3.72. The van der Waals surface area contributed by atoms with E-state index in [2.05, 4.69) is 28.1 Å². The molecule has 0 radical (unpaired) electrons. The molecule has 3 rings (SSSR count). The molecule has 2 nitrogen and oxygen atoms in total. The summed E-state index contributed by atoms with van der Waals surface area (Å²) in [5.41, 5.74) is 3.96. The summed E-state index contributed by atoms with van der Waals surface area (Å²) >= 11 is 9.84. The van der Waals surface area contributed by atoms with Crippen LogP contribution in [0.3, 0.4) is 0 Å². The summed E-state index contributed by atoms with van der Waals surface area (Å²) in [6.45, 7) is 1.97. The maximum Gasteiger partial charge on any atom is 0.137 e. The molecule has 4 heteroatoms. The quantitative estimate of drug-likeness (QED) is 0.598. The van der Waals surface area contributed by atoms with Gasteiger partial charge >= 0.3 is 0 Å². The zero-order chi connectivity index (χ0) is 13.4. The van der Waals surface area contributed by atoms with Gasteiger partial charge in [0.15, 0.2) is 0 Å². The molecule has 1 aromatic carbocycles. The average molecular weight is 336 g/mol. The zero-order valence-electron chi connectivity index (χ0n) is 10.3. The second-order valence-electron chi connectivity index (χ2n) is 4.40. The van der Waals surface area contributed by atoms with E-state index in [4.69, 9.17) is 16.6 Å². The van der Waals surface area contributed by atoms with Crippen molar-refractivity contribution >= 4 is 33.2 Å². The summed E-state index contributed by atoms with van der Waals surface area (Å²) in [6, 6.07) is 14.1. The largest absolute Gasteiger partial charge is 0.301 e. The molecule has 0 aliphatic carbocycles. The summed E-state index contributed by atoms with van der Waals surface area (Å²) in [5, 5.41) is -0.112. The van der Waals surface area contributed by atoms with Gasteiger partial charge in [-0.25, -0.2) is 4.98 Å². The molecule has 0 saturated heterocycles. The Hall–Kier alpha value is -1.32. The molecule has 2 aromatic heterocycles. The summed E-state index contributed by atoms with van der Waals surface area (Å²) in [5.74, 6) is 0. The highest BCUT2D eigenvalue weighted by Gasteiger charge is 2.17. The van der Waals surface area contributed by atoms with E-state index in [1.807, 2.05) is 47.9 Å². The first-order chi connectivity index (χ1) is 9.16. The summed E-state index contributed by atoms with van der Waals surface area (Å²) in [7, 11) is 0. The number of hydrogen-bond donors (Lipinski definition) is 0. The van der Waals surface area contributed by atoms with Gasteiger partial charge in [0.2, 0.25) is 0 Å². The van der Waals surface area contributed by atoms with E-state index in [0.717, 1.165) is 27.1 Å². The van der Waals surface area contributed by atoms with Gasteiger partial charge in [-0.2, -0.15) is 0 Å². The Morgan fingerprint density at radius 3 is 2.58 bits per heavy atom. The van der Waals surface area contributed by atoms with Gasteiger partial charge in [0.25, 0.3) is 0 Å². The van der Waals surface area contributed by atoms with Gasteiger partial charge in [0, 0.05) is 16.2 Å². The molecule has 0 aliphatic heterocycles. The molecule has 0 spiro atoms. The number of imidazole rings is 1. The van der Waals surface area contributed by atoms with Gasteiger partial charge in [0.1, 0.15) is 5.65 Å². The lowest BCUT2D eigenvalue weighted by Gasteiger charge is -2.07. The van der Waals surface area contributed by atoms with E-state index in [9.17, 15) is 0 Å². The summed E-state index contributed by atoms with van der Waals surface area (Å²) < 4.78 is 3.06. The molecular formula is C15H12BrClN2. The van der Waals surface area contributed by atoms with E-state index < -0.39 is 0 Å². The van der Waals surface area contributed by atoms with Crippen LogP contribution in [0.2, 0.25) is 0 Å². The fourth-order valence-corrected chi connectivity index (χ4v) is 2.77. The number of alkyl halides is 1. The second-order valence-corrected chi connectivity index (χ2v) is 5.97. The lowest BCUT2D eigenvalue weighted by molar-refractivity contribution is 0.962.